The van der Waals surface area contributed by atoms with Crippen LogP contribution in [0.3, 0.4) is 0 Å². The molecule has 0 spiro atoms. The Labute approximate surface area is 209 Å². The van der Waals surface area contributed by atoms with Crippen LogP contribution in [0, 0.1) is 6.92 Å². The Morgan fingerprint density at radius 2 is 1.60 bits per heavy atom. The Balaban J connectivity index is 0.000000815. The van der Waals surface area contributed by atoms with E-state index in [1.54, 1.807) is 6.20 Å². The fourth-order valence-electron chi connectivity index (χ4n) is 4.20. The first kappa shape index (κ1) is 26.3. The number of aryl methyl sites for hydroxylation is 1. The maximum absolute atomic E-state index is 6.19. The number of anilines is 1. The molecule has 0 radical (unpaired) electrons. The number of imidazole rings is 1. The maximum Gasteiger partial charge on any atom is 0.165 e. The molecule has 1 aliphatic rings. The minimum Gasteiger partial charge on any atom is -0.383 e. The molecule has 1 saturated heterocycles. The van der Waals surface area contributed by atoms with Gasteiger partial charge in [-0.3, -0.25) is 9.47 Å². The first-order chi connectivity index (χ1) is 17.1. The Bertz CT molecular complexity index is 1210. The van der Waals surface area contributed by atoms with E-state index in [2.05, 4.69) is 38.7 Å². The van der Waals surface area contributed by atoms with E-state index in [0.717, 1.165) is 66.4 Å². The van der Waals surface area contributed by atoms with Crippen molar-refractivity contribution in [3.05, 3.63) is 66.0 Å². The van der Waals surface area contributed by atoms with Gasteiger partial charge in [-0.05, 0) is 74.8 Å². The molecule has 3 aromatic heterocycles. The molecule has 0 saturated carbocycles. The van der Waals surface area contributed by atoms with Crippen molar-refractivity contribution in [3.63, 3.8) is 0 Å². The number of aromatic nitrogens is 4. The summed E-state index contributed by atoms with van der Waals surface area (Å²) in [5, 5.41) is 0. The number of benzene rings is 1. The number of nitrogen functional groups attached to an aromatic ring is 1. The van der Waals surface area contributed by atoms with Gasteiger partial charge in [-0.15, -0.1) is 0 Å². The van der Waals surface area contributed by atoms with Gasteiger partial charge in [0.2, 0.25) is 0 Å². The van der Waals surface area contributed by atoms with Gasteiger partial charge in [-0.25, -0.2) is 15.0 Å². The highest BCUT2D eigenvalue weighted by Crippen LogP contribution is 2.30. The Morgan fingerprint density at radius 3 is 2.26 bits per heavy atom. The number of piperidine rings is 1. The van der Waals surface area contributed by atoms with E-state index in [9.17, 15) is 0 Å². The molecule has 0 amide bonds. The second kappa shape index (κ2) is 12.4. The second-order valence-electron chi connectivity index (χ2n) is 8.28. The summed E-state index contributed by atoms with van der Waals surface area (Å²) in [6.45, 7) is 13.0. The van der Waals surface area contributed by atoms with Crippen molar-refractivity contribution in [1.29, 1.82) is 0 Å². The quantitative estimate of drug-likeness (QED) is 0.415. The van der Waals surface area contributed by atoms with Crippen molar-refractivity contribution in [2.75, 3.05) is 18.8 Å². The number of nitrogens with zero attached hydrogens (tertiary/aromatic N) is 5. The van der Waals surface area contributed by atoms with E-state index >= 15 is 0 Å². The number of rotatable bonds is 4. The molecule has 7 nitrogen and oxygen atoms in total. The Hall–Kier alpha value is -3.29. The molecular formula is C28H39N7. The lowest BCUT2D eigenvalue weighted by molar-refractivity contribution is 0.205. The van der Waals surface area contributed by atoms with Crippen LogP contribution in [0.1, 0.15) is 51.8 Å². The first-order valence-electron chi connectivity index (χ1n) is 12.7. The van der Waals surface area contributed by atoms with E-state index in [0.29, 0.717) is 11.9 Å². The number of hydrogen-bond donors (Lipinski definition) is 2. The molecule has 7 heteroatoms. The van der Waals surface area contributed by atoms with E-state index in [1.807, 2.05) is 58.9 Å². The molecule has 1 aliphatic heterocycles. The summed E-state index contributed by atoms with van der Waals surface area (Å²) in [6.07, 6.45) is 3.83. The van der Waals surface area contributed by atoms with Crippen LogP contribution in [0.5, 0.6) is 0 Å². The van der Waals surface area contributed by atoms with Gasteiger partial charge in [-0.1, -0.05) is 39.8 Å². The van der Waals surface area contributed by atoms with Gasteiger partial charge >= 0.3 is 0 Å². The number of fused-ring (bicyclic) bond motifs is 1. The molecule has 4 heterocycles. The van der Waals surface area contributed by atoms with Crippen LogP contribution in [0.15, 0.2) is 54.7 Å². The molecule has 0 bridgehead atoms. The SMILES string of the molecule is CC.CC.Cc1ccc2nc(-c3cccnc3N)n(-c3ccc(CN4CCC(N)CC4)cc3)c2n1. The normalized spacial score (nSPS) is 14.1. The molecule has 1 fully saturated rings. The van der Waals surface area contributed by atoms with E-state index in [-0.39, 0.29) is 0 Å². The first-order valence-corrected chi connectivity index (χ1v) is 12.7. The standard InChI is InChI=1S/C24H27N7.2C2H6/c1-16-4-9-21-24(28-16)31(23(29-21)20-3-2-12-27-22(20)26)19-7-5-17(6-8-19)15-30-13-10-18(25)11-14-30;2*1-2/h2-9,12,18H,10-11,13-15,25H2,1H3,(H2,26,27);2*1-2H3. The van der Waals surface area contributed by atoms with Gasteiger partial charge in [0.05, 0.1) is 5.56 Å². The summed E-state index contributed by atoms with van der Waals surface area (Å²) in [7, 11) is 0. The monoisotopic (exact) mass is 473 g/mol. The smallest absolute Gasteiger partial charge is 0.165 e. The topological polar surface area (TPSA) is 98.9 Å². The van der Waals surface area contributed by atoms with Crippen LogP contribution in [-0.4, -0.2) is 43.6 Å². The molecule has 1 aromatic carbocycles. The fraction of sp³-hybridized carbons (Fsp3) is 0.393. The summed E-state index contributed by atoms with van der Waals surface area (Å²) in [6, 6.07) is 16.8. The lowest BCUT2D eigenvalue weighted by Crippen LogP contribution is -2.39. The third kappa shape index (κ3) is 6.05. The highest BCUT2D eigenvalue weighted by molar-refractivity contribution is 5.82. The van der Waals surface area contributed by atoms with E-state index in [1.165, 1.54) is 5.56 Å². The van der Waals surface area contributed by atoms with Gasteiger partial charge in [0.15, 0.2) is 11.5 Å². The van der Waals surface area contributed by atoms with Gasteiger partial charge in [0, 0.05) is 30.2 Å². The van der Waals surface area contributed by atoms with Crippen molar-refractivity contribution < 1.29 is 0 Å². The summed E-state index contributed by atoms with van der Waals surface area (Å²) >= 11 is 0. The van der Waals surface area contributed by atoms with Crippen LogP contribution in [0.4, 0.5) is 5.82 Å². The fourth-order valence-corrected chi connectivity index (χ4v) is 4.20. The van der Waals surface area contributed by atoms with Crippen LogP contribution in [-0.2, 0) is 6.54 Å². The molecule has 0 aliphatic carbocycles. The van der Waals surface area contributed by atoms with E-state index < -0.39 is 0 Å². The second-order valence-corrected chi connectivity index (χ2v) is 8.28. The number of nitrogens with two attached hydrogens (primary N) is 2. The van der Waals surface area contributed by atoms with Crippen LogP contribution in [0.2, 0.25) is 0 Å². The Kier molecular flexibility index (Phi) is 9.34. The number of hydrogen-bond acceptors (Lipinski definition) is 6. The molecular weight excluding hydrogens is 434 g/mol. The van der Waals surface area contributed by atoms with Crippen molar-refractivity contribution in [1.82, 2.24) is 24.4 Å². The maximum atomic E-state index is 6.19. The molecule has 4 aromatic rings. The van der Waals surface area contributed by atoms with Gasteiger partial charge < -0.3 is 11.5 Å². The molecule has 0 atom stereocenters. The third-order valence-electron chi connectivity index (χ3n) is 5.96. The highest BCUT2D eigenvalue weighted by Gasteiger charge is 2.19. The summed E-state index contributed by atoms with van der Waals surface area (Å²) < 4.78 is 2.07. The zero-order chi connectivity index (χ0) is 25.4. The summed E-state index contributed by atoms with van der Waals surface area (Å²) in [4.78, 5) is 16.3. The average molecular weight is 474 g/mol. The predicted molar refractivity (Wildman–Crippen MR) is 146 cm³/mol. The van der Waals surface area contributed by atoms with Crippen molar-refractivity contribution in [2.45, 2.75) is 60.0 Å². The summed E-state index contributed by atoms with van der Waals surface area (Å²) in [5.41, 5.74) is 17.9. The largest absolute Gasteiger partial charge is 0.383 e. The molecule has 4 N–H and O–H groups in total. The predicted octanol–water partition coefficient (Wildman–Crippen LogP) is 5.35. The average Bonchev–Trinajstić information content (AvgIpc) is 3.27. The Morgan fingerprint density at radius 1 is 0.914 bits per heavy atom. The van der Waals surface area contributed by atoms with Gasteiger partial charge in [0.25, 0.3) is 0 Å². The van der Waals surface area contributed by atoms with Crippen molar-refractivity contribution in [3.8, 4) is 17.1 Å². The number of pyridine rings is 2. The summed E-state index contributed by atoms with van der Waals surface area (Å²) in [5.74, 6) is 1.20. The van der Waals surface area contributed by atoms with Crippen LogP contribution >= 0.6 is 0 Å². The lowest BCUT2D eigenvalue weighted by atomic mass is 10.1. The highest BCUT2D eigenvalue weighted by atomic mass is 15.1. The van der Waals surface area contributed by atoms with Gasteiger partial charge in [0.1, 0.15) is 11.3 Å². The van der Waals surface area contributed by atoms with E-state index in [4.69, 9.17) is 21.4 Å². The lowest BCUT2D eigenvalue weighted by Gasteiger charge is -2.30. The van der Waals surface area contributed by atoms with Crippen molar-refractivity contribution in [2.24, 2.45) is 5.73 Å². The molecule has 5 rings (SSSR count). The minimum atomic E-state index is 0.349. The van der Waals surface area contributed by atoms with Gasteiger partial charge in [-0.2, -0.15) is 0 Å². The van der Waals surface area contributed by atoms with Crippen molar-refractivity contribution >= 4 is 17.0 Å². The van der Waals surface area contributed by atoms with Crippen LogP contribution < -0.4 is 11.5 Å². The molecule has 186 valence electrons. The third-order valence-corrected chi connectivity index (χ3v) is 5.96. The number of likely N-dealkylation sites (tertiary alicyclic amines) is 1. The minimum absolute atomic E-state index is 0.349. The molecule has 0 unspecified atom stereocenters. The zero-order valence-electron chi connectivity index (χ0n) is 21.7. The molecule has 35 heavy (non-hydrogen) atoms. The zero-order valence-corrected chi connectivity index (χ0v) is 21.7. The van der Waals surface area contributed by atoms with Crippen LogP contribution in [0.25, 0.3) is 28.2 Å².